The molecule has 0 saturated carbocycles. The summed E-state index contributed by atoms with van der Waals surface area (Å²) in [4.78, 5) is 14.9. The maximum atomic E-state index is 12.4. The molecule has 2 fully saturated rings. The summed E-state index contributed by atoms with van der Waals surface area (Å²) in [5, 5.41) is 3.22. The van der Waals surface area contributed by atoms with Gasteiger partial charge >= 0.3 is 0 Å². The van der Waals surface area contributed by atoms with Crippen LogP contribution in [0.4, 0.5) is 0 Å². The van der Waals surface area contributed by atoms with Gasteiger partial charge in [0.05, 0.1) is 0 Å². The molecule has 0 aromatic heterocycles. The van der Waals surface area contributed by atoms with Gasteiger partial charge in [-0.2, -0.15) is 0 Å². The fraction of sp³-hybridized carbons (Fsp3) is 0.350. The van der Waals surface area contributed by atoms with Crippen LogP contribution >= 0.6 is 0 Å². The summed E-state index contributed by atoms with van der Waals surface area (Å²) >= 11 is 0. The van der Waals surface area contributed by atoms with Crippen LogP contribution in [0.1, 0.15) is 27.9 Å². The van der Waals surface area contributed by atoms with Crippen molar-refractivity contribution in [2.45, 2.75) is 18.9 Å². The summed E-state index contributed by atoms with van der Waals surface area (Å²) in [6, 6.07) is 18.8. The van der Waals surface area contributed by atoms with E-state index >= 15 is 0 Å². The number of rotatable bonds is 4. The molecule has 2 aliphatic rings. The number of fused-ring (bicyclic) bond motifs is 2. The van der Waals surface area contributed by atoms with E-state index in [1.54, 1.807) is 0 Å². The minimum Gasteiger partial charge on any atom is -0.348 e. The summed E-state index contributed by atoms with van der Waals surface area (Å²) in [5.41, 5.74) is 3.29. The Labute approximate surface area is 137 Å². The van der Waals surface area contributed by atoms with Crippen molar-refractivity contribution in [1.82, 2.24) is 10.2 Å². The predicted molar refractivity (Wildman–Crippen MR) is 91.5 cm³/mol. The number of amides is 1. The zero-order valence-electron chi connectivity index (χ0n) is 13.2. The van der Waals surface area contributed by atoms with Crippen LogP contribution in [-0.4, -0.2) is 36.5 Å². The Kier molecular flexibility index (Phi) is 3.88. The molecule has 4 rings (SSSR count). The van der Waals surface area contributed by atoms with Crippen LogP contribution in [0.5, 0.6) is 0 Å². The molecule has 23 heavy (non-hydrogen) atoms. The lowest BCUT2D eigenvalue weighted by molar-refractivity contribution is 0.0924. The van der Waals surface area contributed by atoms with E-state index in [0.29, 0.717) is 12.0 Å². The second-order valence-corrected chi connectivity index (χ2v) is 6.75. The Morgan fingerprint density at radius 2 is 1.74 bits per heavy atom. The molecule has 3 heteroatoms. The van der Waals surface area contributed by atoms with Gasteiger partial charge in [0.15, 0.2) is 0 Å². The number of nitrogens with zero attached hydrogens (tertiary/aromatic N) is 1. The molecule has 2 unspecified atom stereocenters. The van der Waals surface area contributed by atoms with E-state index in [4.69, 9.17) is 0 Å². The standard InChI is InChI=1S/C20H22N2O/c23-20(21-19-14-22-11-10-18(19)13-22)17-8-6-16(7-9-17)12-15-4-2-1-3-5-15/h1-9,18-19H,10-14H2,(H,21,23)/t18-,19?/m0/s1. The van der Waals surface area contributed by atoms with Gasteiger partial charge in [0.1, 0.15) is 0 Å². The SMILES string of the molecule is O=C(NC1CN2CC[C@H]1C2)c1ccc(Cc2ccccc2)cc1. The Hall–Kier alpha value is -2.13. The largest absolute Gasteiger partial charge is 0.348 e. The molecule has 1 amide bonds. The number of hydrogen-bond donors (Lipinski definition) is 1. The second kappa shape index (κ2) is 6.17. The van der Waals surface area contributed by atoms with E-state index in [9.17, 15) is 4.79 Å². The average molecular weight is 306 g/mol. The van der Waals surface area contributed by atoms with Crippen LogP contribution in [0.25, 0.3) is 0 Å². The summed E-state index contributed by atoms with van der Waals surface area (Å²) in [6.45, 7) is 3.37. The molecule has 2 aromatic carbocycles. The molecule has 0 aliphatic carbocycles. The highest BCUT2D eigenvalue weighted by molar-refractivity contribution is 5.94. The van der Waals surface area contributed by atoms with Crippen molar-refractivity contribution in [2.75, 3.05) is 19.6 Å². The van der Waals surface area contributed by atoms with Crippen molar-refractivity contribution in [3.8, 4) is 0 Å². The van der Waals surface area contributed by atoms with E-state index in [0.717, 1.165) is 25.1 Å². The summed E-state index contributed by atoms with van der Waals surface area (Å²) in [6.07, 6.45) is 2.13. The Morgan fingerprint density at radius 3 is 2.39 bits per heavy atom. The van der Waals surface area contributed by atoms with Crippen molar-refractivity contribution >= 4 is 5.91 Å². The maximum absolute atomic E-state index is 12.4. The van der Waals surface area contributed by atoms with Gasteiger partial charge in [0.2, 0.25) is 0 Å². The number of hydrogen-bond acceptors (Lipinski definition) is 2. The minimum absolute atomic E-state index is 0.0648. The first-order valence-corrected chi connectivity index (χ1v) is 8.44. The topological polar surface area (TPSA) is 32.3 Å². The predicted octanol–water partition coefficient (Wildman–Crippen LogP) is 2.71. The number of piperidine rings is 1. The van der Waals surface area contributed by atoms with Gasteiger partial charge in [0, 0.05) is 24.7 Å². The van der Waals surface area contributed by atoms with Gasteiger partial charge in [-0.15, -0.1) is 0 Å². The number of nitrogens with one attached hydrogen (secondary N) is 1. The summed E-state index contributed by atoms with van der Waals surface area (Å²) < 4.78 is 0. The lowest BCUT2D eigenvalue weighted by atomic mass is 9.99. The van der Waals surface area contributed by atoms with Crippen molar-refractivity contribution in [1.29, 1.82) is 0 Å². The quantitative estimate of drug-likeness (QED) is 0.942. The molecule has 2 saturated heterocycles. The molecule has 2 bridgehead atoms. The lowest BCUT2D eigenvalue weighted by Gasteiger charge is -2.23. The fourth-order valence-electron chi connectivity index (χ4n) is 3.80. The summed E-state index contributed by atoms with van der Waals surface area (Å²) in [7, 11) is 0. The van der Waals surface area contributed by atoms with Crippen LogP contribution in [0.15, 0.2) is 54.6 Å². The number of benzene rings is 2. The van der Waals surface area contributed by atoms with Crippen LogP contribution in [-0.2, 0) is 6.42 Å². The normalized spacial score (nSPS) is 25.5. The first-order chi connectivity index (χ1) is 11.3. The molecule has 0 spiro atoms. The van der Waals surface area contributed by atoms with E-state index in [1.165, 1.54) is 24.1 Å². The molecule has 0 radical (unpaired) electrons. The highest BCUT2D eigenvalue weighted by Crippen LogP contribution is 2.27. The average Bonchev–Trinajstić information content (AvgIpc) is 3.19. The highest BCUT2D eigenvalue weighted by Gasteiger charge is 2.38. The highest BCUT2D eigenvalue weighted by atomic mass is 16.1. The molecular formula is C20H22N2O. The third-order valence-corrected chi connectivity index (χ3v) is 5.12. The fourth-order valence-corrected chi connectivity index (χ4v) is 3.80. The van der Waals surface area contributed by atoms with Gasteiger partial charge in [0.25, 0.3) is 5.91 Å². The van der Waals surface area contributed by atoms with Gasteiger partial charge in [-0.1, -0.05) is 42.5 Å². The molecule has 118 valence electrons. The third-order valence-electron chi connectivity index (χ3n) is 5.12. The van der Waals surface area contributed by atoms with Crippen molar-refractivity contribution < 1.29 is 4.79 Å². The van der Waals surface area contributed by atoms with Gasteiger partial charge in [-0.25, -0.2) is 0 Å². The smallest absolute Gasteiger partial charge is 0.251 e. The van der Waals surface area contributed by atoms with Crippen LogP contribution in [0, 0.1) is 5.92 Å². The summed E-state index contributed by atoms with van der Waals surface area (Å²) in [5.74, 6) is 0.714. The lowest BCUT2D eigenvalue weighted by Crippen LogP contribution is -2.43. The minimum atomic E-state index is 0.0648. The molecule has 1 N–H and O–H groups in total. The first kappa shape index (κ1) is 14.5. The monoisotopic (exact) mass is 306 g/mol. The third kappa shape index (κ3) is 3.15. The van der Waals surface area contributed by atoms with Crippen molar-refractivity contribution in [3.63, 3.8) is 0 Å². The van der Waals surface area contributed by atoms with Crippen LogP contribution in [0.3, 0.4) is 0 Å². The van der Waals surface area contributed by atoms with Crippen LogP contribution in [0.2, 0.25) is 0 Å². The molecule has 3 atom stereocenters. The van der Waals surface area contributed by atoms with E-state index in [1.807, 2.05) is 18.2 Å². The van der Waals surface area contributed by atoms with E-state index in [-0.39, 0.29) is 5.91 Å². The van der Waals surface area contributed by atoms with E-state index < -0.39 is 0 Å². The van der Waals surface area contributed by atoms with Gasteiger partial charge in [-0.05, 0) is 48.6 Å². The van der Waals surface area contributed by atoms with Gasteiger partial charge < -0.3 is 10.2 Å². The number of carbonyl (C=O) groups is 1. The Balaban J connectivity index is 1.38. The molecule has 3 nitrogen and oxygen atoms in total. The van der Waals surface area contributed by atoms with Crippen molar-refractivity contribution in [2.24, 2.45) is 5.92 Å². The first-order valence-electron chi connectivity index (χ1n) is 8.44. The molecule has 2 aliphatic heterocycles. The van der Waals surface area contributed by atoms with Crippen LogP contribution < -0.4 is 5.32 Å². The molecular weight excluding hydrogens is 284 g/mol. The van der Waals surface area contributed by atoms with Crippen molar-refractivity contribution in [3.05, 3.63) is 71.3 Å². The zero-order chi connectivity index (χ0) is 15.6. The second-order valence-electron chi connectivity index (χ2n) is 6.75. The Bertz CT molecular complexity index is 681. The molecule has 2 heterocycles. The van der Waals surface area contributed by atoms with E-state index in [2.05, 4.69) is 46.6 Å². The zero-order valence-corrected chi connectivity index (χ0v) is 13.2. The number of carbonyl (C=O) groups excluding carboxylic acids is 1. The molecule has 2 aromatic rings. The maximum Gasteiger partial charge on any atom is 0.251 e. The Morgan fingerprint density at radius 1 is 1.00 bits per heavy atom. The van der Waals surface area contributed by atoms with Gasteiger partial charge in [-0.3, -0.25) is 4.79 Å².